The normalized spacial score (nSPS) is 20.4. The van der Waals surface area contributed by atoms with Gasteiger partial charge in [0.25, 0.3) is 0 Å². The Bertz CT molecular complexity index is 444. The lowest BCUT2D eigenvalue weighted by atomic mass is 10.0. The molecule has 0 amide bonds. The Balaban J connectivity index is 1.87. The average Bonchev–Trinajstić information content (AvgIpc) is 2.73. The van der Waals surface area contributed by atoms with Crippen molar-refractivity contribution in [2.45, 2.75) is 38.6 Å². The van der Waals surface area contributed by atoms with Crippen LogP contribution in [0.15, 0.2) is 6.07 Å². The average molecular weight is 283 g/mol. The Hall–Kier alpha value is -1.07. The van der Waals surface area contributed by atoms with Crippen molar-refractivity contribution in [2.75, 3.05) is 20.2 Å². The molecule has 1 unspecified atom stereocenters. The number of nitrogens with zero attached hydrogens (tertiary/aromatic N) is 1. The van der Waals surface area contributed by atoms with Crippen LogP contribution in [-0.4, -0.2) is 42.2 Å². The maximum absolute atomic E-state index is 11.1. The second-order valence-corrected chi connectivity index (χ2v) is 6.38. The minimum atomic E-state index is -0.900. The number of hydrogen-bond acceptors (Lipinski definition) is 4. The van der Waals surface area contributed by atoms with Crippen LogP contribution in [0.3, 0.4) is 0 Å². The number of carboxylic acid groups (broad SMARTS) is 1. The van der Waals surface area contributed by atoms with Crippen molar-refractivity contribution in [3.05, 3.63) is 15.8 Å². The fourth-order valence-corrected chi connectivity index (χ4v) is 3.35. The lowest BCUT2D eigenvalue weighted by molar-refractivity contribution is 0.0697. The molecule has 0 spiro atoms. The molecule has 0 aromatic carbocycles. The van der Waals surface area contributed by atoms with Gasteiger partial charge in [0.2, 0.25) is 0 Å². The highest BCUT2D eigenvalue weighted by Gasteiger charge is 2.20. The molecule has 1 aliphatic heterocycles. The lowest BCUT2D eigenvalue weighted by Crippen LogP contribution is -2.37. The molecule has 2 heterocycles. The first-order chi connectivity index (χ1) is 9.08. The second-order valence-electron chi connectivity index (χ2n) is 5.12. The van der Waals surface area contributed by atoms with Gasteiger partial charge in [-0.1, -0.05) is 6.42 Å². The van der Waals surface area contributed by atoms with Crippen molar-refractivity contribution in [2.24, 2.45) is 0 Å². The van der Waals surface area contributed by atoms with E-state index in [9.17, 15) is 4.79 Å². The van der Waals surface area contributed by atoms with Crippen LogP contribution in [0.4, 0.5) is 0 Å². The summed E-state index contributed by atoms with van der Waals surface area (Å²) in [6.45, 7) is 3.65. The molecular weight excluding hydrogens is 262 g/mol. The van der Waals surface area contributed by atoms with E-state index in [4.69, 9.17) is 9.84 Å². The van der Waals surface area contributed by atoms with E-state index < -0.39 is 5.97 Å². The van der Waals surface area contributed by atoms with Gasteiger partial charge in [-0.3, -0.25) is 0 Å². The van der Waals surface area contributed by atoms with Crippen LogP contribution in [0.1, 0.15) is 40.2 Å². The summed E-state index contributed by atoms with van der Waals surface area (Å²) < 4.78 is 5.67. The highest BCUT2D eigenvalue weighted by molar-refractivity contribution is 7.14. The number of piperidine rings is 1. The van der Waals surface area contributed by atoms with Gasteiger partial charge in [0.05, 0.1) is 6.61 Å². The first-order valence-electron chi connectivity index (χ1n) is 6.74. The van der Waals surface area contributed by atoms with Crippen LogP contribution in [0.25, 0.3) is 0 Å². The maximum atomic E-state index is 11.1. The molecule has 1 aliphatic rings. The fraction of sp³-hybridized carbons (Fsp3) is 0.643. The smallest absolute Gasteiger partial charge is 0.349 e. The highest BCUT2D eigenvalue weighted by atomic mass is 32.1. The van der Waals surface area contributed by atoms with Gasteiger partial charge < -0.3 is 14.7 Å². The molecule has 1 N–H and O–H groups in total. The molecule has 1 aromatic rings. The number of aromatic carboxylic acids is 1. The third-order valence-electron chi connectivity index (χ3n) is 3.65. The van der Waals surface area contributed by atoms with Crippen LogP contribution in [0.5, 0.6) is 5.75 Å². The summed E-state index contributed by atoms with van der Waals surface area (Å²) in [4.78, 5) is 14.7. The molecule has 1 aromatic heterocycles. The summed E-state index contributed by atoms with van der Waals surface area (Å²) in [5.74, 6) is -0.378. The number of rotatable bonds is 5. The minimum absolute atomic E-state index is 0.314. The molecule has 1 fully saturated rings. The van der Waals surface area contributed by atoms with Crippen LogP contribution in [0, 0.1) is 6.92 Å². The van der Waals surface area contributed by atoms with E-state index in [1.807, 2.05) is 13.0 Å². The van der Waals surface area contributed by atoms with Crippen LogP contribution in [0.2, 0.25) is 0 Å². The summed E-state index contributed by atoms with van der Waals surface area (Å²) in [5.41, 5.74) is 0. The Labute approximate surface area is 118 Å². The number of thiophene rings is 1. The number of hydrogen-bond donors (Lipinski definition) is 1. The van der Waals surface area contributed by atoms with E-state index in [-0.39, 0.29) is 0 Å². The van der Waals surface area contributed by atoms with Gasteiger partial charge in [-0.2, -0.15) is 0 Å². The van der Waals surface area contributed by atoms with Gasteiger partial charge in [-0.25, -0.2) is 4.79 Å². The van der Waals surface area contributed by atoms with Crippen molar-refractivity contribution in [3.63, 3.8) is 0 Å². The molecule has 5 heteroatoms. The second kappa shape index (κ2) is 6.39. The molecule has 0 saturated carbocycles. The van der Waals surface area contributed by atoms with Gasteiger partial charge in [-0.15, -0.1) is 11.3 Å². The van der Waals surface area contributed by atoms with E-state index >= 15 is 0 Å². The van der Waals surface area contributed by atoms with Crippen molar-refractivity contribution >= 4 is 17.3 Å². The zero-order valence-electron chi connectivity index (χ0n) is 11.5. The zero-order chi connectivity index (χ0) is 13.8. The first-order valence-corrected chi connectivity index (χ1v) is 7.56. The van der Waals surface area contributed by atoms with Gasteiger partial charge in [0, 0.05) is 10.9 Å². The standard InChI is InChI=1S/C14H21NO3S/c1-10-9-12(13(19-10)14(16)17)18-8-6-11-5-3-4-7-15(11)2/h9,11H,3-8H2,1-2H3,(H,16,17). The molecule has 0 radical (unpaired) electrons. The molecule has 0 bridgehead atoms. The zero-order valence-corrected chi connectivity index (χ0v) is 12.3. The minimum Gasteiger partial charge on any atom is -0.492 e. The summed E-state index contributed by atoms with van der Waals surface area (Å²) in [5, 5.41) is 9.09. The summed E-state index contributed by atoms with van der Waals surface area (Å²) >= 11 is 1.27. The fourth-order valence-electron chi connectivity index (χ4n) is 2.56. The van der Waals surface area contributed by atoms with Crippen LogP contribution in [-0.2, 0) is 0 Å². The van der Waals surface area contributed by atoms with Crippen molar-refractivity contribution in [1.82, 2.24) is 4.90 Å². The van der Waals surface area contributed by atoms with Crippen molar-refractivity contribution in [3.8, 4) is 5.75 Å². The predicted octanol–water partition coefficient (Wildman–Crippen LogP) is 3.01. The monoisotopic (exact) mass is 283 g/mol. The molecule has 106 valence electrons. The Morgan fingerprint density at radius 3 is 3.05 bits per heavy atom. The highest BCUT2D eigenvalue weighted by Crippen LogP contribution is 2.29. The van der Waals surface area contributed by atoms with Gasteiger partial charge in [0.1, 0.15) is 5.75 Å². The maximum Gasteiger partial charge on any atom is 0.349 e. The van der Waals surface area contributed by atoms with E-state index in [1.165, 1.54) is 30.6 Å². The molecule has 2 rings (SSSR count). The van der Waals surface area contributed by atoms with Crippen LogP contribution >= 0.6 is 11.3 Å². The quantitative estimate of drug-likeness (QED) is 0.902. The van der Waals surface area contributed by atoms with Gasteiger partial charge >= 0.3 is 5.97 Å². The van der Waals surface area contributed by atoms with E-state index in [0.717, 1.165) is 17.8 Å². The third-order valence-corrected chi connectivity index (χ3v) is 4.67. The Kier molecular flexibility index (Phi) is 4.82. The molecule has 1 atom stereocenters. The van der Waals surface area contributed by atoms with Crippen LogP contribution < -0.4 is 4.74 Å². The van der Waals surface area contributed by atoms with E-state index in [1.54, 1.807) is 0 Å². The van der Waals surface area contributed by atoms with Crippen molar-refractivity contribution < 1.29 is 14.6 Å². The lowest BCUT2D eigenvalue weighted by Gasteiger charge is -2.32. The summed E-state index contributed by atoms with van der Waals surface area (Å²) in [7, 11) is 2.15. The molecule has 19 heavy (non-hydrogen) atoms. The molecular formula is C14H21NO3S. The largest absolute Gasteiger partial charge is 0.492 e. The SMILES string of the molecule is Cc1cc(OCCC2CCCCN2C)c(C(=O)O)s1. The number of carboxylic acids is 1. The molecule has 1 saturated heterocycles. The number of carbonyl (C=O) groups is 1. The number of likely N-dealkylation sites (tertiary alicyclic amines) is 1. The van der Waals surface area contributed by atoms with Gasteiger partial charge in [0.15, 0.2) is 4.88 Å². The molecule has 0 aliphatic carbocycles. The van der Waals surface area contributed by atoms with E-state index in [0.29, 0.717) is 23.3 Å². The van der Waals surface area contributed by atoms with Crippen molar-refractivity contribution in [1.29, 1.82) is 0 Å². The molecule has 4 nitrogen and oxygen atoms in total. The predicted molar refractivity (Wildman–Crippen MR) is 76.4 cm³/mol. The van der Waals surface area contributed by atoms with E-state index in [2.05, 4.69) is 11.9 Å². The topological polar surface area (TPSA) is 49.8 Å². The third kappa shape index (κ3) is 3.70. The first kappa shape index (κ1) is 14.3. The summed E-state index contributed by atoms with van der Waals surface area (Å²) in [6.07, 6.45) is 4.74. The summed E-state index contributed by atoms with van der Waals surface area (Å²) in [6, 6.07) is 2.39. The number of ether oxygens (including phenoxy) is 1. The number of aryl methyl sites for hydroxylation is 1. The Morgan fingerprint density at radius 2 is 2.37 bits per heavy atom. The Morgan fingerprint density at radius 1 is 1.58 bits per heavy atom. The van der Waals surface area contributed by atoms with Gasteiger partial charge in [-0.05, 0) is 45.8 Å².